The van der Waals surface area contributed by atoms with Crippen LogP contribution in [0.3, 0.4) is 0 Å². The molecule has 1 saturated carbocycles. The highest BCUT2D eigenvalue weighted by atomic mass is 14.5. The summed E-state index contributed by atoms with van der Waals surface area (Å²) in [6, 6.07) is 0. The lowest BCUT2D eigenvalue weighted by Gasteiger charge is -2.40. The summed E-state index contributed by atoms with van der Waals surface area (Å²) in [4.78, 5) is 0. The average Bonchev–Trinajstić information content (AvgIpc) is 2.01. The summed E-state index contributed by atoms with van der Waals surface area (Å²) >= 11 is 0. The molecule has 0 N–H and O–H groups in total. The van der Waals surface area contributed by atoms with Crippen molar-refractivity contribution < 1.29 is 0 Å². The molecule has 9 heavy (non-hydrogen) atoms. The molecule has 0 spiro atoms. The fourth-order valence-electron chi connectivity index (χ4n) is 2.52. The lowest BCUT2D eigenvalue weighted by atomic mass is 9.64. The maximum atomic E-state index is 2.30. The Morgan fingerprint density at radius 3 is 2.78 bits per heavy atom. The summed E-state index contributed by atoms with van der Waals surface area (Å²) in [7, 11) is 0. The van der Waals surface area contributed by atoms with Crippen LogP contribution in [-0.2, 0) is 0 Å². The molecule has 0 aromatic carbocycles. The molecule has 0 radical (unpaired) electrons. The van der Waals surface area contributed by atoms with Gasteiger partial charge in [-0.05, 0) is 43.3 Å². The number of rotatable bonds is 0. The first-order chi connectivity index (χ1) is 4.36. The van der Waals surface area contributed by atoms with E-state index in [1.165, 1.54) is 19.3 Å². The minimum absolute atomic E-state index is 1.03. The van der Waals surface area contributed by atoms with Crippen LogP contribution in [0.25, 0.3) is 0 Å². The fraction of sp³-hybridized carbons (Fsp3) is 0.556. The predicted molar refractivity (Wildman–Crippen MR) is 37.1 cm³/mol. The van der Waals surface area contributed by atoms with Crippen molar-refractivity contribution in [2.75, 3.05) is 0 Å². The van der Waals surface area contributed by atoms with Crippen molar-refractivity contribution in [1.82, 2.24) is 0 Å². The smallest absolute Gasteiger partial charge is 0.00815 e. The van der Waals surface area contributed by atoms with E-state index in [2.05, 4.69) is 6.92 Å². The monoisotopic (exact) mass is 118 g/mol. The molecule has 46 valence electrons. The Kier molecular flexibility index (Phi) is 0.493. The molecule has 1 fully saturated rings. The Labute approximate surface area is 55.3 Å². The number of hydrogen-bond acceptors (Lipinski definition) is 0. The zero-order chi connectivity index (χ0) is 6.01. The first kappa shape index (κ1) is 4.32. The van der Waals surface area contributed by atoms with E-state index in [4.69, 9.17) is 0 Å². The summed E-state index contributed by atoms with van der Waals surface area (Å²) in [5.41, 5.74) is 6.97. The van der Waals surface area contributed by atoms with Crippen LogP contribution in [0, 0.1) is 5.92 Å². The van der Waals surface area contributed by atoms with Crippen LogP contribution in [0.15, 0.2) is 22.3 Å². The molecule has 0 aromatic rings. The van der Waals surface area contributed by atoms with Gasteiger partial charge in [-0.2, -0.15) is 0 Å². The van der Waals surface area contributed by atoms with E-state index in [-0.39, 0.29) is 0 Å². The van der Waals surface area contributed by atoms with Gasteiger partial charge in [0.05, 0.1) is 0 Å². The molecule has 1 unspecified atom stereocenters. The van der Waals surface area contributed by atoms with Gasteiger partial charge in [0.2, 0.25) is 0 Å². The van der Waals surface area contributed by atoms with Gasteiger partial charge in [-0.25, -0.2) is 0 Å². The summed E-state index contributed by atoms with van der Waals surface area (Å²) < 4.78 is 0. The summed E-state index contributed by atoms with van der Waals surface area (Å²) in [5, 5.41) is 0. The van der Waals surface area contributed by atoms with Crippen LogP contribution in [0.4, 0.5) is 0 Å². The molecule has 0 aromatic heterocycles. The van der Waals surface area contributed by atoms with Crippen LogP contribution in [-0.4, -0.2) is 0 Å². The molecule has 0 heteroatoms. The van der Waals surface area contributed by atoms with Crippen LogP contribution < -0.4 is 0 Å². The Morgan fingerprint density at radius 1 is 1.33 bits per heavy atom. The molecule has 1 atom stereocenters. The van der Waals surface area contributed by atoms with Crippen molar-refractivity contribution in [3.05, 3.63) is 22.3 Å². The maximum absolute atomic E-state index is 2.30. The molecule has 0 heterocycles. The quantitative estimate of drug-likeness (QED) is 0.458. The number of hydrogen-bond donors (Lipinski definition) is 0. The van der Waals surface area contributed by atoms with E-state index < -0.39 is 0 Å². The lowest BCUT2D eigenvalue weighted by molar-refractivity contribution is 0.469. The van der Waals surface area contributed by atoms with Gasteiger partial charge in [0.1, 0.15) is 0 Å². The standard InChI is InChI=1S/C9H10/c1-5-2-6-3-7-4-8(5)9(6)7/h7H,2-4H2,1H3. The molecule has 3 aliphatic rings. The van der Waals surface area contributed by atoms with Gasteiger partial charge in [-0.3, -0.25) is 0 Å². The van der Waals surface area contributed by atoms with Crippen LogP contribution in [0.5, 0.6) is 0 Å². The largest absolute Gasteiger partial charge is 0.0657 e. The van der Waals surface area contributed by atoms with E-state index >= 15 is 0 Å². The Balaban J connectivity index is 2.23. The minimum atomic E-state index is 1.03. The SMILES string of the molecule is CC1=C2CC3CC(=C23)C1. The second-order valence-electron chi connectivity index (χ2n) is 3.56. The molecule has 0 bridgehead atoms. The maximum Gasteiger partial charge on any atom is -0.00815 e. The van der Waals surface area contributed by atoms with Crippen molar-refractivity contribution in [2.24, 2.45) is 5.92 Å². The Hall–Kier alpha value is -0.520. The first-order valence-electron chi connectivity index (χ1n) is 3.77. The summed E-state index contributed by atoms with van der Waals surface area (Å²) in [6.45, 7) is 2.30. The Morgan fingerprint density at radius 2 is 2.22 bits per heavy atom. The predicted octanol–water partition coefficient (Wildman–Crippen LogP) is 2.43. The second-order valence-corrected chi connectivity index (χ2v) is 3.56. The fourth-order valence-corrected chi connectivity index (χ4v) is 2.52. The second kappa shape index (κ2) is 1.03. The van der Waals surface area contributed by atoms with Crippen LogP contribution in [0.2, 0.25) is 0 Å². The van der Waals surface area contributed by atoms with E-state index in [0.717, 1.165) is 5.92 Å². The van der Waals surface area contributed by atoms with Gasteiger partial charge in [0.25, 0.3) is 0 Å². The third kappa shape index (κ3) is 0.297. The third-order valence-electron chi connectivity index (χ3n) is 3.05. The number of allylic oxidation sites excluding steroid dienone is 4. The summed E-state index contributed by atoms with van der Waals surface area (Å²) in [5.74, 6) is 1.03. The zero-order valence-electron chi connectivity index (χ0n) is 5.70. The van der Waals surface area contributed by atoms with Gasteiger partial charge < -0.3 is 0 Å². The van der Waals surface area contributed by atoms with Crippen molar-refractivity contribution in [3.63, 3.8) is 0 Å². The third-order valence-corrected chi connectivity index (χ3v) is 3.05. The van der Waals surface area contributed by atoms with E-state index in [1.54, 1.807) is 22.3 Å². The van der Waals surface area contributed by atoms with E-state index in [1.807, 2.05) is 0 Å². The molecule has 3 aliphatic carbocycles. The highest BCUT2D eigenvalue weighted by molar-refractivity contribution is 5.61. The average molecular weight is 118 g/mol. The highest BCUT2D eigenvalue weighted by Crippen LogP contribution is 2.60. The molecular weight excluding hydrogens is 108 g/mol. The molecule has 3 rings (SSSR count). The topological polar surface area (TPSA) is 0 Å². The Bertz CT molecular complexity index is 243. The van der Waals surface area contributed by atoms with E-state index in [0.29, 0.717) is 0 Å². The molecule has 0 aliphatic heterocycles. The van der Waals surface area contributed by atoms with E-state index in [9.17, 15) is 0 Å². The van der Waals surface area contributed by atoms with Crippen LogP contribution in [0.1, 0.15) is 26.2 Å². The highest BCUT2D eigenvalue weighted by Gasteiger charge is 2.44. The summed E-state index contributed by atoms with van der Waals surface area (Å²) in [6.07, 6.45) is 4.20. The molecular formula is C9H10. The first-order valence-corrected chi connectivity index (χ1v) is 3.77. The molecule has 0 saturated heterocycles. The van der Waals surface area contributed by atoms with Gasteiger partial charge in [0.15, 0.2) is 0 Å². The van der Waals surface area contributed by atoms with Crippen molar-refractivity contribution >= 4 is 0 Å². The minimum Gasteiger partial charge on any atom is -0.0657 e. The van der Waals surface area contributed by atoms with Crippen molar-refractivity contribution in [2.45, 2.75) is 26.2 Å². The van der Waals surface area contributed by atoms with Gasteiger partial charge >= 0.3 is 0 Å². The molecule has 0 amide bonds. The zero-order valence-corrected chi connectivity index (χ0v) is 5.70. The van der Waals surface area contributed by atoms with Gasteiger partial charge in [-0.1, -0.05) is 11.1 Å². The van der Waals surface area contributed by atoms with Gasteiger partial charge in [0, 0.05) is 0 Å². The van der Waals surface area contributed by atoms with Gasteiger partial charge in [-0.15, -0.1) is 0 Å². The van der Waals surface area contributed by atoms with Crippen LogP contribution >= 0.6 is 0 Å². The van der Waals surface area contributed by atoms with Crippen molar-refractivity contribution in [1.29, 1.82) is 0 Å². The molecule has 0 nitrogen and oxygen atoms in total. The lowest BCUT2D eigenvalue weighted by Crippen LogP contribution is -2.26. The van der Waals surface area contributed by atoms with Crippen molar-refractivity contribution in [3.8, 4) is 0 Å². The normalized spacial score (nSPS) is 36.3.